The monoisotopic (exact) mass is 201 g/mol. The quantitative estimate of drug-likeness (QED) is 0.545. The summed E-state index contributed by atoms with van der Waals surface area (Å²) in [6.45, 7) is 0. The zero-order valence-electron chi connectivity index (χ0n) is 6.46. The Hall–Kier alpha value is -0.670. The maximum Gasteiger partial charge on any atom is 0.300 e. The highest BCUT2D eigenvalue weighted by molar-refractivity contribution is 8.12. The van der Waals surface area contributed by atoms with Gasteiger partial charge < -0.3 is 0 Å². The van der Waals surface area contributed by atoms with Gasteiger partial charge in [0.05, 0.1) is 0 Å². The number of hydrogen-bond acceptors (Lipinski definition) is 1. The summed E-state index contributed by atoms with van der Waals surface area (Å²) >= 11 is 7.19. The van der Waals surface area contributed by atoms with Crippen LogP contribution in [-0.2, 0) is 5.75 Å². The molecule has 0 bridgehead atoms. The normalized spacial score (nSPS) is 9.75. The van der Waals surface area contributed by atoms with Gasteiger partial charge in [0.2, 0.25) is 0 Å². The van der Waals surface area contributed by atoms with Gasteiger partial charge in [-0.05, 0) is 29.5 Å². The van der Waals surface area contributed by atoms with Crippen molar-refractivity contribution in [1.29, 1.82) is 0 Å². The molecule has 0 aliphatic rings. The highest BCUT2D eigenvalue weighted by atomic mass is 35.5. The van der Waals surface area contributed by atoms with Gasteiger partial charge in [-0.15, -0.1) is 0 Å². The van der Waals surface area contributed by atoms with Gasteiger partial charge in [-0.1, -0.05) is 23.7 Å². The number of nitrogens with two attached hydrogens (primary N) is 2. The second kappa shape index (κ2) is 4.38. The Morgan fingerprint density at radius 2 is 2.33 bits per heavy atom. The molecule has 0 saturated carbocycles. The van der Waals surface area contributed by atoms with E-state index in [0.717, 1.165) is 16.3 Å². The Morgan fingerprint density at radius 1 is 1.58 bits per heavy atom. The first kappa shape index (κ1) is 9.42. The maximum absolute atomic E-state index is 5.78. The number of halogens is 1. The van der Waals surface area contributed by atoms with Crippen LogP contribution in [0.25, 0.3) is 0 Å². The first-order valence-corrected chi connectivity index (χ1v) is 4.80. The molecule has 0 heterocycles. The predicted octanol–water partition coefficient (Wildman–Crippen LogP) is 0.647. The van der Waals surface area contributed by atoms with E-state index in [9.17, 15) is 0 Å². The molecule has 0 saturated heterocycles. The molecule has 0 aliphatic carbocycles. The highest BCUT2D eigenvalue weighted by Crippen LogP contribution is 2.15. The maximum atomic E-state index is 5.78. The lowest BCUT2D eigenvalue weighted by atomic mass is 10.2. The summed E-state index contributed by atoms with van der Waals surface area (Å²) in [6.07, 6.45) is 0. The van der Waals surface area contributed by atoms with Crippen molar-refractivity contribution < 1.29 is 5.41 Å². The van der Waals surface area contributed by atoms with E-state index in [1.165, 1.54) is 11.8 Å². The van der Waals surface area contributed by atoms with Crippen molar-refractivity contribution in [2.45, 2.75) is 5.75 Å². The van der Waals surface area contributed by atoms with Crippen molar-refractivity contribution >= 4 is 28.5 Å². The first-order valence-electron chi connectivity index (χ1n) is 3.43. The minimum absolute atomic E-state index is 0.384. The first-order chi connectivity index (χ1) is 5.68. The van der Waals surface area contributed by atoms with Gasteiger partial charge in [-0.2, -0.15) is 0 Å². The minimum Gasteiger partial charge on any atom is -0.282 e. The Balaban J connectivity index is 2.57. The van der Waals surface area contributed by atoms with Crippen LogP contribution < -0.4 is 11.1 Å². The molecule has 0 aromatic heterocycles. The molecule has 1 rings (SSSR count). The van der Waals surface area contributed by atoms with Crippen molar-refractivity contribution in [3.8, 4) is 0 Å². The van der Waals surface area contributed by atoms with E-state index in [2.05, 4.69) is 0 Å². The van der Waals surface area contributed by atoms with Crippen LogP contribution in [0.2, 0.25) is 5.02 Å². The van der Waals surface area contributed by atoms with Crippen molar-refractivity contribution in [3.05, 3.63) is 34.9 Å². The van der Waals surface area contributed by atoms with Crippen LogP contribution in [0.3, 0.4) is 0 Å². The predicted molar refractivity (Wildman–Crippen MR) is 53.9 cm³/mol. The van der Waals surface area contributed by atoms with E-state index in [0.29, 0.717) is 5.17 Å². The Labute approximate surface area is 80.6 Å². The smallest absolute Gasteiger partial charge is 0.282 e. The largest absolute Gasteiger partial charge is 0.300 e. The molecule has 4 N–H and O–H groups in total. The Bertz CT molecular complexity index is 288. The highest BCUT2D eigenvalue weighted by Gasteiger charge is 1.98. The minimum atomic E-state index is 0.384. The third-order valence-corrected chi connectivity index (χ3v) is 2.34. The molecular weight excluding hydrogens is 192 g/mol. The van der Waals surface area contributed by atoms with Crippen molar-refractivity contribution in [3.63, 3.8) is 0 Å². The molecule has 2 nitrogen and oxygen atoms in total. The van der Waals surface area contributed by atoms with Crippen LogP contribution >= 0.6 is 23.4 Å². The molecular formula is C8H10ClN2S+. The van der Waals surface area contributed by atoms with E-state index in [-0.39, 0.29) is 0 Å². The summed E-state index contributed by atoms with van der Waals surface area (Å²) in [4.78, 5) is 0. The third kappa shape index (κ3) is 3.15. The van der Waals surface area contributed by atoms with Crippen molar-refractivity contribution in [2.75, 3.05) is 0 Å². The second-order valence-electron chi connectivity index (χ2n) is 2.32. The van der Waals surface area contributed by atoms with E-state index < -0.39 is 0 Å². The molecule has 12 heavy (non-hydrogen) atoms. The second-order valence-corrected chi connectivity index (χ2v) is 3.81. The lowest BCUT2D eigenvalue weighted by Gasteiger charge is -1.97. The number of hydrogen-bond donors (Lipinski definition) is 2. The Morgan fingerprint density at radius 3 is 2.92 bits per heavy atom. The van der Waals surface area contributed by atoms with Gasteiger partial charge >= 0.3 is 0 Å². The molecule has 0 aliphatic heterocycles. The lowest BCUT2D eigenvalue weighted by molar-refractivity contribution is -0.110. The zero-order chi connectivity index (χ0) is 8.97. The van der Waals surface area contributed by atoms with Gasteiger partial charge in [0.1, 0.15) is 0 Å². The number of amidine groups is 1. The molecule has 1 aromatic rings. The SMILES string of the molecule is NC(=[NH2+])SCc1cccc(Cl)c1. The summed E-state index contributed by atoms with van der Waals surface area (Å²) < 4.78 is 0. The molecule has 64 valence electrons. The Kier molecular flexibility index (Phi) is 3.44. The van der Waals surface area contributed by atoms with Crippen LogP contribution in [0.5, 0.6) is 0 Å². The number of thioether (sulfide) groups is 1. The van der Waals surface area contributed by atoms with E-state index in [4.69, 9.17) is 22.7 Å². The average Bonchev–Trinajstić information content (AvgIpc) is 2.01. The fourth-order valence-corrected chi connectivity index (χ4v) is 1.52. The summed E-state index contributed by atoms with van der Waals surface area (Å²) in [5, 5.41) is 6.43. The van der Waals surface area contributed by atoms with Gasteiger partial charge in [-0.3, -0.25) is 11.1 Å². The van der Waals surface area contributed by atoms with E-state index in [1.54, 1.807) is 0 Å². The van der Waals surface area contributed by atoms with Crippen LogP contribution in [0.4, 0.5) is 0 Å². The van der Waals surface area contributed by atoms with Gasteiger partial charge in [-0.25, -0.2) is 0 Å². The zero-order valence-corrected chi connectivity index (χ0v) is 8.03. The molecule has 0 spiro atoms. The molecule has 0 amide bonds. The summed E-state index contributed by atoms with van der Waals surface area (Å²) in [6, 6.07) is 7.63. The average molecular weight is 202 g/mol. The summed E-state index contributed by atoms with van der Waals surface area (Å²) in [7, 11) is 0. The van der Waals surface area contributed by atoms with E-state index >= 15 is 0 Å². The van der Waals surface area contributed by atoms with Crippen molar-refractivity contribution in [1.82, 2.24) is 0 Å². The van der Waals surface area contributed by atoms with Crippen LogP contribution in [0.1, 0.15) is 5.56 Å². The topological polar surface area (TPSA) is 51.6 Å². The standard InChI is InChI=1S/C8H9ClN2S/c9-7-3-1-2-6(4-7)5-12-8(10)11/h1-4H,5H2,(H3,10,11)/p+1. The van der Waals surface area contributed by atoms with Crippen molar-refractivity contribution in [2.24, 2.45) is 5.73 Å². The fourth-order valence-electron chi connectivity index (χ4n) is 0.793. The van der Waals surface area contributed by atoms with Gasteiger partial charge in [0.25, 0.3) is 5.17 Å². The summed E-state index contributed by atoms with van der Waals surface area (Å²) in [5.41, 5.74) is 6.43. The molecule has 4 heteroatoms. The lowest BCUT2D eigenvalue weighted by Crippen LogP contribution is -2.43. The molecule has 0 atom stereocenters. The number of rotatable bonds is 2. The molecule has 0 unspecified atom stereocenters. The van der Waals surface area contributed by atoms with Crippen LogP contribution in [0.15, 0.2) is 24.3 Å². The van der Waals surface area contributed by atoms with Crippen LogP contribution in [0, 0.1) is 0 Å². The van der Waals surface area contributed by atoms with Gasteiger partial charge in [0, 0.05) is 10.8 Å². The fraction of sp³-hybridized carbons (Fsp3) is 0.125. The number of benzene rings is 1. The molecule has 0 radical (unpaired) electrons. The molecule has 1 aromatic carbocycles. The van der Waals surface area contributed by atoms with Gasteiger partial charge in [0.15, 0.2) is 0 Å². The molecule has 0 fully saturated rings. The van der Waals surface area contributed by atoms with E-state index in [1.807, 2.05) is 24.3 Å². The van der Waals surface area contributed by atoms with Crippen LogP contribution in [-0.4, -0.2) is 5.17 Å². The summed E-state index contributed by atoms with van der Waals surface area (Å²) in [5.74, 6) is 0.767. The third-order valence-electron chi connectivity index (χ3n) is 1.29.